The molecule has 0 unspecified atom stereocenters. The molecule has 0 bridgehead atoms. The van der Waals surface area contributed by atoms with Crippen LogP contribution >= 0.6 is 0 Å². The largest absolute Gasteiger partial charge is 0.457 e. The fourth-order valence-corrected chi connectivity index (χ4v) is 7.07. The van der Waals surface area contributed by atoms with Gasteiger partial charge in [0.1, 0.15) is 24.1 Å². The van der Waals surface area contributed by atoms with Gasteiger partial charge in [-0.3, -0.25) is 13.9 Å². The minimum absolute atomic E-state index is 0.0628. The van der Waals surface area contributed by atoms with E-state index < -0.39 is 28.5 Å². The minimum atomic E-state index is -4.17. The Morgan fingerprint density at radius 2 is 1.48 bits per heavy atom. The van der Waals surface area contributed by atoms with Gasteiger partial charge in [-0.15, -0.1) is 0 Å². The highest BCUT2D eigenvalue weighted by Gasteiger charge is 2.33. The molecule has 0 saturated heterocycles. The van der Waals surface area contributed by atoms with Crippen molar-refractivity contribution < 1.29 is 22.7 Å². The van der Waals surface area contributed by atoms with Crippen LogP contribution in [0.1, 0.15) is 49.3 Å². The molecule has 0 heterocycles. The Morgan fingerprint density at radius 1 is 0.826 bits per heavy atom. The van der Waals surface area contributed by atoms with Crippen LogP contribution in [0.2, 0.25) is 0 Å². The van der Waals surface area contributed by atoms with E-state index in [-0.39, 0.29) is 23.4 Å². The molecule has 46 heavy (non-hydrogen) atoms. The van der Waals surface area contributed by atoms with Crippen LogP contribution in [0.3, 0.4) is 0 Å². The Bertz CT molecular complexity index is 1740. The standard InChI is InChI=1S/C37H41N3O5S/c1-27-16-22-35(23-17-27)46(43,44)40(32-18-20-34(21-19-32)45-33-14-5-4-6-15-33)26-36(41)39(25-30-11-9-10-28(2)24-30)29(3)37(42)38-31-12-7-8-13-31/h4-6,9-11,14-24,29,31H,7-8,12-13,25-26H2,1-3H3,(H,38,42)/t29-/m0/s1. The Labute approximate surface area is 272 Å². The summed E-state index contributed by atoms with van der Waals surface area (Å²) in [4.78, 5) is 29.2. The summed E-state index contributed by atoms with van der Waals surface area (Å²) < 4.78 is 35.3. The van der Waals surface area contributed by atoms with E-state index in [4.69, 9.17) is 4.74 Å². The van der Waals surface area contributed by atoms with Crippen molar-refractivity contribution in [2.24, 2.45) is 0 Å². The number of carbonyl (C=O) groups excluding carboxylic acids is 2. The van der Waals surface area contributed by atoms with Crippen LogP contribution in [0, 0.1) is 13.8 Å². The molecule has 0 spiro atoms. The number of ether oxygens (including phenoxy) is 1. The van der Waals surface area contributed by atoms with E-state index in [0.717, 1.165) is 46.7 Å². The number of carbonyl (C=O) groups is 2. The maximum atomic E-state index is 14.3. The van der Waals surface area contributed by atoms with Gasteiger partial charge in [-0.25, -0.2) is 8.42 Å². The normalized spacial score (nSPS) is 14.0. The zero-order valence-corrected chi connectivity index (χ0v) is 27.4. The van der Waals surface area contributed by atoms with E-state index >= 15 is 0 Å². The summed E-state index contributed by atoms with van der Waals surface area (Å²) in [5, 5.41) is 3.11. The first-order valence-electron chi connectivity index (χ1n) is 15.7. The third kappa shape index (κ3) is 8.14. The maximum absolute atomic E-state index is 14.3. The molecule has 1 aliphatic rings. The van der Waals surface area contributed by atoms with Crippen molar-refractivity contribution in [2.75, 3.05) is 10.8 Å². The van der Waals surface area contributed by atoms with E-state index in [1.807, 2.05) is 68.4 Å². The molecule has 9 heteroatoms. The highest BCUT2D eigenvalue weighted by Crippen LogP contribution is 2.29. The van der Waals surface area contributed by atoms with Gasteiger partial charge in [-0.05, 0) is 87.7 Å². The number of para-hydroxylation sites is 1. The zero-order valence-electron chi connectivity index (χ0n) is 26.6. The molecular formula is C37H41N3O5S. The first-order chi connectivity index (χ1) is 22.1. The van der Waals surface area contributed by atoms with Crippen LogP contribution in [-0.2, 0) is 26.2 Å². The number of benzene rings is 4. The van der Waals surface area contributed by atoms with E-state index in [2.05, 4.69) is 5.32 Å². The molecule has 1 fully saturated rings. The van der Waals surface area contributed by atoms with Gasteiger partial charge in [0.15, 0.2) is 0 Å². The van der Waals surface area contributed by atoms with Crippen molar-refractivity contribution in [3.63, 3.8) is 0 Å². The highest BCUT2D eigenvalue weighted by molar-refractivity contribution is 7.92. The summed E-state index contributed by atoms with van der Waals surface area (Å²) in [5.74, 6) is 0.428. The molecule has 1 N–H and O–H groups in total. The van der Waals surface area contributed by atoms with Gasteiger partial charge in [0.05, 0.1) is 10.6 Å². The molecule has 0 radical (unpaired) electrons. The fraction of sp³-hybridized carbons (Fsp3) is 0.297. The fourth-order valence-electron chi connectivity index (χ4n) is 5.65. The van der Waals surface area contributed by atoms with Gasteiger partial charge < -0.3 is 15.0 Å². The number of anilines is 1. The zero-order chi connectivity index (χ0) is 32.7. The number of rotatable bonds is 12. The van der Waals surface area contributed by atoms with Crippen molar-refractivity contribution >= 4 is 27.5 Å². The number of sulfonamides is 1. The third-order valence-corrected chi connectivity index (χ3v) is 10.1. The lowest BCUT2D eigenvalue weighted by Crippen LogP contribution is -2.52. The van der Waals surface area contributed by atoms with E-state index in [1.54, 1.807) is 43.3 Å². The van der Waals surface area contributed by atoms with Gasteiger partial charge >= 0.3 is 0 Å². The second-order valence-corrected chi connectivity index (χ2v) is 13.8. The number of nitrogens with one attached hydrogen (secondary N) is 1. The number of amides is 2. The van der Waals surface area contributed by atoms with Gasteiger partial charge in [0.2, 0.25) is 11.8 Å². The summed E-state index contributed by atoms with van der Waals surface area (Å²) in [6, 6.07) is 29.4. The predicted octanol–water partition coefficient (Wildman–Crippen LogP) is 6.77. The van der Waals surface area contributed by atoms with Gasteiger partial charge in [-0.1, -0.05) is 78.6 Å². The Hall–Kier alpha value is -4.63. The lowest BCUT2D eigenvalue weighted by atomic mass is 10.1. The van der Waals surface area contributed by atoms with Crippen molar-refractivity contribution in [1.29, 1.82) is 0 Å². The summed E-state index contributed by atoms with van der Waals surface area (Å²) in [5.41, 5.74) is 3.09. The van der Waals surface area contributed by atoms with Crippen LogP contribution in [-0.4, -0.2) is 43.8 Å². The third-order valence-electron chi connectivity index (χ3n) is 8.30. The Balaban J connectivity index is 1.47. The smallest absolute Gasteiger partial charge is 0.264 e. The molecule has 4 aromatic rings. The monoisotopic (exact) mass is 639 g/mol. The highest BCUT2D eigenvalue weighted by atomic mass is 32.2. The van der Waals surface area contributed by atoms with E-state index in [1.165, 1.54) is 17.0 Å². The molecule has 4 aromatic carbocycles. The van der Waals surface area contributed by atoms with Gasteiger partial charge in [0.25, 0.3) is 10.0 Å². The predicted molar refractivity (Wildman–Crippen MR) is 180 cm³/mol. The molecule has 5 rings (SSSR count). The van der Waals surface area contributed by atoms with Crippen LogP contribution in [0.4, 0.5) is 5.69 Å². The number of nitrogens with zero attached hydrogens (tertiary/aromatic N) is 2. The molecule has 240 valence electrons. The molecular weight excluding hydrogens is 598 g/mol. The van der Waals surface area contributed by atoms with Crippen LogP contribution in [0.25, 0.3) is 0 Å². The molecule has 0 aliphatic heterocycles. The summed E-state index contributed by atoms with van der Waals surface area (Å²) in [7, 11) is -4.17. The maximum Gasteiger partial charge on any atom is 0.264 e. The number of aryl methyl sites for hydroxylation is 2. The number of hydrogen-bond acceptors (Lipinski definition) is 5. The van der Waals surface area contributed by atoms with E-state index in [9.17, 15) is 18.0 Å². The van der Waals surface area contributed by atoms with Gasteiger partial charge in [-0.2, -0.15) is 0 Å². The topological polar surface area (TPSA) is 96.0 Å². The Kier molecular flexibility index (Phi) is 10.4. The summed E-state index contributed by atoms with van der Waals surface area (Å²) >= 11 is 0. The van der Waals surface area contributed by atoms with E-state index in [0.29, 0.717) is 17.2 Å². The summed E-state index contributed by atoms with van der Waals surface area (Å²) in [6.45, 7) is 5.20. The lowest BCUT2D eigenvalue weighted by molar-refractivity contribution is -0.139. The minimum Gasteiger partial charge on any atom is -0.457 e. The second kappa shape index (κ2) is 14.6. The molecule has 1 saturated carbocycles. The first-order valence-corrected chi connectivity index (χ1v) is 17.1. The average Bonchev–Trinajstić information content (AvgIpc) is 3.56. The van der Waals surface area contributed by atoms with Gasteiger partial charge in [0, 0.05) is 12.6 Å². The van der Waals surface area contributed by atoms with Crippen molar-refractivity contribution in [1.82, 2.24) is 10.2 Å². The van der Waals surface area contributed by atoms with Crippen LogP contribution in [0.15, 0.2) is 108 Å². The molecule has 1 aliphatic carbocycles. The molecule has 0 aromatic heterocycles. The van der Waals surface area contributed by atoms with Crippen molar-refractivity contribution in [3.05, 3.63) is 120 Å². The molecule has 8 nitrogen and oxygen atoms in total. The average molecular weight is 640 g/mol. The quantitative estimate of drug-likeness (QED) is 0.185. The summed E-state index contributed by atoms with van der Waals surface area (Å²) in [6.07, 6.45) is 3.95. The first kappa shape index (κ1) is 32.8. The van der Waals surface area contributed by atoms with Crippen molar-refractivity contribution in [3.8, 4) is 11.5 Å². The number of hydrogen-bond donors (Lipinski definition) is 1. The molecule has 2 amide bonds. The van der Waals surface area contributed by atoms with Crippen LogP contribution in [0.5, 0.6) is 11.5 Å². The second-order valence-electron chi connectivity index (χ2n) is 11.9. The van der Waals surface area contributed by atoms with Crippen LogP contribution < -0.4 is 14.4 Å². The SMILES string of the molecule is Cc1ccc(S(=O)(=O)N(CC(=O)N(Cc2cccc(C)c2)[C@@H](C)C(=O)NC2CCCC2)c2ccc(Oc3ccccc3)cc2)cc1. The lowest BCUT2D eigenvalue weighted by Gasteiger charge is -2.32. The Morgan fingerprint density at radius 3 is 2.13 bits per heavy atom. The van der Waals surface area contributed by atoms with Crippen molar-refractivity contribution in [2.45, 2.75) is 70.0 Å². The molecule has 1 atom stereocenters.